The summed E-state index contributed by atoms with van der Waals surface area (Å²) in [6.45, 7) is 0. The number of methoxy groups -OCH3 is 1. The number of carbonyl (C=O) groups is 1. The van der Waals surface area contributed by atoms with E-state index in [9.17, 15) is 9.90 Å². The van der Waals surface area contributed by atoms with Gasteiger partial charge in [0, 0.05) is 17.0 Å². The molecule has 5 heteroatoms. The van der Waals surface area contributed by atoms with Gasteiger partial charge in [0.15, 0.2) is 0 Å². The van der Waals surface area contributed by atoms with Gasteiger partial charge in [-0.3, -0.25) is 0 Å². The summed E-state index contributed by atoms with van der Waals surface area (Å²) in [7, 11) is 1.62. The summed E-state index contributed by atoms with van der Waals surface area (Å²) < 4.78 is 5.35. The third-order valence-electron chi connectivity index (χ3n) is 4.21. The van der Waals surface area contributed by atoms with Crippen molar-refractivity contribution < 1.29 is 14.6 Å². The molecule has 1 heterocycles. The molecular formula is C16H18N2O3. The largest absolute Gasteiger partial charge is 0.496 e. The molecule has 2 aromatic rings. The van der Waals surface area contributed by atoms with Crippen LogP contribution in [0.4, 0.5) is 5.82 Å². The summed E-state index contributed by atoms with van der Waals surface area (Å²) in [5.41, 5.74) is -0.898. The number of aliphatic carboxylic acids is 1. The minimum Gasteiger partial charge on any atom is -0.496 e. The molecule has 1 saturated carbocycles. The number of hydrogen-bond donors (Lipinski definition) is 2. The molecule has 0 unspecified atom stereocenters. The number of nitrogens with one attached hydrogen (secondary N) is 1. The van der Waals surface area contributed by atoms with Gasteiger partial charge in [0.1, 0.15) is 17.1 Å². The van der Waals surface area contributed by atoms with Gasteiger partial charge in [-0.1, -0.05) is 25.0 Å². The van der Waals surface area contributed by atoms with Crippen LogP contribution in [-0.2, 0) is 4.79 Å². The van der Waals surface area contributed by atoms with Crippen LogP contribution in [0.2, 0.25) is 0 Å². The molecule has 0 aliphatic heterocycles. The quantitative estimate of drug-likeness (QED) is 0.904. The summed E-state index contributed by atoms with van der Waals surface area (Å²) in [6.07, 6.45) is 4.78. The molecule has 5 nitrogen and oxygen atoms in total. The zero-order valence-electron chi connectivity index (χ0n) is 11.9. The molecular weight excluding hydrogens is 268 g/mol. The summed E-state index contributed by atoms with van der Waals surface area (Å²) in [6, 6.07) is 7.57. The Labute approximate surface area is 123 Å². The average Bonchev–Trinajstić information content (AvgIpc) is 2.97. The van der Waals surface area contributed by atoms with E-state index in [2.05, 4.69) is 10.3 Å². The lowest BCUT2D eigenvalue weighted by Crippen LogP contribution is -2.43. The van der Waals surface area contributed by atoms with Crippen LogP contribution < -0.4 is 10.1 Å². The predicted molar refractivity (Wildman–Crippen MR) is 80.8 cm³/mol. The number of aromatic nitrogens is 1. The van der Waals surface area contributed by atoms with Gasteiger partial charge in [0.25, 0.3) is 0 Å². The lowest BCUT2D eigenvalue weighted by molar-refractivity contribution is -0.142. The number of anilines is 1. The van der Waals surface area contributed by atoms with Crippen LogP contribution in [0, 0.1) is 0 Å². The second-order valence-corrected chi connectivity index (χ2v) is 5.43. The molecule has 1 aliphatic rings. The van der Waals surface area contributed by atoms with Crippen molar-refractivity contribution in [1.82, 2.24) is 4.98 Å². The van der Waals surface area contributed by atoms with E-state index in [0.29, 0.717) is 18.7 Å². The van der Waals surface area contributed by atoms with Crippen molar-refractivity contribution in [2.45, 2.75) is 31.2 Å². The third kappa shape index (κ3) is 2.28. The number of benzene rings is 1. The first-order chi connectivity index (χ1) is 10.2. The Morgan fingerprint density at radius 3 is 2.71 bits per heavy atom. The second kappa shape index (κ2) is 5.24. The maximum atomic E-state index is 11.7. The molecule has 0 amide bonds. The van der Waals surface area contributed by atoms with Crippen molar-refractivity contribution in [2.24, 2.45) is 0 Å². The Hall–Kier alpha value is -2.30. The van der Waals surface area contributed by atoms with Gasteiger partial charge >= 0.3 is 5.97 Å². The predicted octanol–water partition coefficient (Wildman–Crippen LogP) is 3.05. The van der Waals surface area contributed by atoms with Crippen molar-refractivity contribution in [2.75, 3.05) is 12.4 Å². The second-order valence-electron chi connectivity index (χ2n) is 5.43. The smallest absolute Gasteiger partial charge is 0.329 e. The number of nitrogens with zero attached hydrogens (tertiary/aromatic N) is 1. The molecule has 0 radical (unpaired) electrons. The zero-order chi connectivity index (χ0) is 14.9. The van der Waals surface area contributed by atoms with Crippen molar-refractivity contribution in [3.8, 4) is 5.75 Å². The van der Waals surface area contributed by atoms with Crippen molar-refractivity contribution in [3.63, 3.8) is 0 Å². The molecule has 0 atom stereocenters. The standard InChI is InChI=1S/C16H18N2O3/c1-21-13-6-4-5-12-11(13)7-10-17-14(12)18-16(15(19)20)8-2-3-9-16/h4-7,10H,2-3,8-9H2,1H3,(H,17,18)(H,19,20). The minimum absolute atomic E-state index is 0.607. The fraction of sp³-hybridized carbons (Fsp3) is 0.375. The molecule has 3 rings (SSSR count). The summed E-state index contributed by atoms with van der Waals surface area (Å²) >= 11 is 0. The molecule has 110 valence electrons. The van der Waals surface area contributed by atoms with Gasteiger partial charge in [-0.25, -0.2) is 9.78 Å². The Balaban J connectivity index is 2.07. The lowest BCUT2D eigenvalue weighted by atomic mass is 9.97. The van der Waals surface area contributed by atoms with E-state index in [4.69, 9.17) is 4.74 Å². The minimum atomic E-state index is -0.898. The maximum Gasteiger partial charge on any atom is 0.329 e. The first kappa shape index (κ1) is 13.7. The van der Waals surface area contributed by atoms with Crippen LogP contribution in [0.15, 0.2) is 30.5 Å². The highest BCUT2D eigenvalue weighted by molar-refractivity contribution is 5.97. The fourth-order valence-electron chi connectivity index (χ4n) is 3.05. The Kier molecular flexibility index (Phi) is 3.41. The molecule has 1 aromatic carbocycles. The SMILES string of the molecule is COc1cccc2c(NC3(C(=O)O)CCCC3)nccc12. The van der Waals surface area contributed by atoms with Gasteiger partial charge < -0.3 is 15.2 Å². The van der Waals surface area contributed by atoms with Crippen LogP contribution in [0.3, 0.4) is 0 Å². The van der Waals surface area contributed by atoms with Gasteiger partial charge in [-0.2, -0.15) is 0 Å². The van der Waals surface area contributed by atoms with E-state index in [1.165, 1.54) is 0 Å². The Morgan fingerprint density at radius 1 is 1.29 bits per heavy atom. The van der Waals surface area contributed by atoms with Gasteiger partial charge in [-0.05, 0) is 25.0 Å². The van der Waals surface area contributed by atoms with Crippen LogP contribution >= 0.6 is 0 Å². The molecule has 1 aliphatic carbocycles. The molecule has 0 spiro atoms. The summed E-state index contributed by atoms with van der Waals surface area (Å²) in [5, 5.41) is 14.6. The Bertz CT molecular complexity index is 678. The number of ether oxygens (including phenoxy) is 1. The highest BCUT2D eigenvalue weighted by Crippen LogP contribution is 2.36. The normalized spacial score (nSPS) is 16.8. The monoisotopic (exact) mass is 286 g/mol. The van der Waals surface area contributed by atoms with E-state index in [1.807, 2.05) is 24.3 Å². The molecule has 1 aromatic heterocycles. The highest BCUT2D eigenvalue weighted by Gasteiger charge is 2.41. The van der Waals surface area contributed by atoms with Crippen molar-refractivity contribution >= 4 is 22.6 Å². The summed E-state index contributed by atoms with van der Waals surface area (Å²) in [5.74, 6) is 0.561. The topological polar surface area (TPSA) is 71.5 Å². The molecule has 21 heavy (non-hydrogen) atoms. The van der Waals surface area contributed by atoms with Crippen molar-refractivity contribution in [3.05, 3.63) is 30.5 Å². The van der Waals surface area contributed by atoms with Gasteiger partial charge in [-0.15, -0.1) is 0 Å². The van der Waals surface area contributed by atoms with E-state index in [0.717, 1.165) is 29.4 Å². The van der Waals surface area contributed by atoms with Crippen molar-refractivity contribution in [1.29, 1.82) is 0 Å². The number of fused-ring (bicyclic) bond motifs is 1. The molecule has 0 saturated heterocycles. The number of carboxylic acid groups (broad SMARTS) is 1. The number of pyridine rings is 1. The Morgan fingerprint density at radius 2 is 2.05 bits per heavy atom. The van der Waals surface area contributed by atoms with E-state index in [1.54, 1.807) is 13.3 Å². The van der Waals surface area contributed by atoms with Gasteiger partial charge in [0.2, 0.25) is 0 Å². The average molecular weight is 286 g/mol. The first-order valence-electron chi connectivity index (χ1n) is 7.10. The molecule has 2 N–H and O–H groups in total. The highest BCUT2D eigenvalue weighted by atomic mass is 16.5. The van der Waals surface area contributed by atoms with E-state index < -0.39 is 11.5 Å². The van der Waals surface area contributed by atoms with Crippen LogP contribution in [0.5, 0.6) is 5.75 Å². The lowest BCUT2D eigenvalue weighted by Gasteiger charge is -2.26. The van der Waals surface area contributed by atoms with Crippen LogP contribution in [0.1, 0.15) is 25.7 Å². The number of carboxylic acids is 1. The maximum absolute atomic E-state index is 11.7. The van der Waals surface area contributed by atoms with E-state index >= 15 is 0 Å². The fourth-order valence-corrected chi connectivity index (χ4v) is 3.05. The molecule has 0 bridgehead atoms. The molecule has 1 fully saturated rings. The third-order valence-corrected chi connectivity index (χ3v) is 4.21. The summed E-state index contributed by atoms with van der Waals surface area (Å²) in [4.78, 5) is 16.0. The first-order valence-corrected chi connectivity index (χ1v) is 7.10. The zero-order valence-corrected chi connectivity index (χ0v) is 11.9. The number of hydrogen-bond acceptors (Lipinski definition) is 4. The number of rotatable bonds is 4. The van der Waals surface area contributed by atoms with E-state index in [-0.39, 0.29) is 0 Å². The van der Waals surface area contributed by atoms with Crippen LogP contribution in [-0.4, -0.2) is 28.7 Å². The van der Waals surface area contributed by atoms with Crippen LogP contribution in [0.25, 0.3) is 10.8 Å². The van der Waals surface area contributed by atoms with Gasteiger partial charge in [0.05, 0.1) is 7.11 Å².